The van der Waals surface area contributed by atoms with Crippen LogP contribution in [-0.4, -0.2) is 40.3 Å². The van der Waals surface area contributed by atoms with Crippen molar-refractivity contribution >= 4 is 17.5 Å². The fraction of sp³-hybridized carbons (Fsp3) is 0.143. The molecule has 0 aliphatic carbocycles. The maximum absolute atomic E-state index is 13.7. The number of hydrogen-bond donors (Lipinski definition) is 1. The highest BCUT2D eigenvalue weighted by Crippen LogP contribution is 2.14. The van der Waals surface area contributed by atoms with E-state index in [0.29, 0.717) is 18.5 Å². The predicted molar refractivity (Wildman–Crippen MR) is 103 cm³/mol. The summed E-state index contributed by atoms with van der Waals surface area (Å²) in [6, 6.07) is 12.6. The molecule has 1 aromatic carbocycles. The molecule has 0 radical (unpaired) electrons. The van der Waals surface area contributed by atoms with E-state index in [1.165, 1.54) is 30.5 Å². The van der Waals surface area contributed by atoms with Gasteiger partial charge in [-0.15, -0.1) is 0 Å². The second-order valence-corrected chi connectivity index (χ2v) is 6.20. The van der Waals surface area contributed by atoms with Crippen LogP contribution in [0.4, 0.5) is 10.1 Å². The number of rotatable bonds is 6. The first-order chi connectivity index (χ1) is 13.5. The zero-order valence-electron chi connectivity index (χ0n) is 15.3. The highest BCUT2D eigenvalue weighted by atomic mass is 19.1. The van der Waals surface area contributed by atoms with Crippen LogP contribution in [0, 0.1) is 5.82 Å². The largest absolute Gasteiger partial charge is 0.341 e. The van der Waals surface area contributed by atoms with Gasteiger partial charge in [-0.2, -0.15) is 0 Å². The molecule has 142 valence electrons. The summed E-state index contributed by atoms with van der Waals surface area (Å²) in [7, 11) is 1.70. The van der Waals surface area contributed by atoms with Gasteiger partial charge in [0, 0.05) is 37.7 Å². The van der Waals surface area contributed by atoms with Crippen LogP contribution >= 0.6 is 0 Å². The highest BCUT2D eigenvalue weighted by Gasteiger charge is 2.16. The average molecular weight is 378 g/mol. The summed E-state index contributed by atoms with van der Waals surface area (Å²) in [5.74, 6) is -1.35. The molecule has 0 unspecified atom stereocenters. The number of hydrogen-bond acceptors (Lipinski definition) is 4. The van der Waals surface area contributed by atoms with E-state index >= 15 is 0 Å². The third-order valence-electron chi connectivity index (χ3n) is 4.19. The molecule has 0 fully saturated rings. The lowest BCUT2D eigenvalue weighted by atomic mass is 10.1. The van der Waals surface area contributed by atoms with Gasteiger partial charge in [-0.3, -0.25) is 19.6 Å². The molecule has 6 nitrogen and oxygen atoms in total. The van der Waals surface area contributed by atoms with E-state index in [-0.39, 0.29) is 17.3 Å². The zero-order chi connectivity index (χ0) is 19.9. The first kappa shape index (κ1) is 19.2. The van der Waals surface area contributed by atoms with Crippen molar-refractivity contribution in [1.29, 1.82) is 0 Å². The van der Waals surface area contributed by atoms with Crippen molar-refractivity contribution in [2.75, 3.05) is 18.9 Å². The number of carbonyl (C=O) groups is 2. The number of benzene rings is 1. The SMILES string of the molecule is CN(CCc1ccncc1)C(=O)c1ccnc(C(=O)Nc2ccccc2F)c1. The maximum Gasteiger partial charge on any atom is 0.274 e. The molecule has 0 atom stereocenters. The Labute approximate surface area is 162 Å². The highest BCUT2D eigenvalue weighted by molar-refractivity contribution is 6.04. The number of aromatic nitrogens is 2. The number of amides is 2. The zero-order valence-corrected chi connectivity index (χ0v) is 15.3. The molecule has 28 heavy (non-hydrogen) atoms. The van der Waals surface area contributed by atoms with Crippen LogP contribution in [0.5, 0.6) is 0 Å². The molecule has 0 saturated carbocycles. The molecular weight excluding hydrogens is 359 g/mol. The van der Waals surface area contributed by atoms with E-state index in [1.807, 2.05) is 12.1 Å². The van der Waals surface area contributed by atoms with Gasteiger partial charge in [-0.1, -0.05) is 12.1 Å². The number of nitrogens with zero attached hydrogens (tertiary/aromatic N) is 3. The number of likely N-dealkylation sites (N-methyl/N-ethyl adjacent to an activating group) is 1. The second kappa shape index (κ2) is 8.85. The molecule has 2 heterocycles. The smallest absolute Gasteiger partial charge is 0.274 e. The standard InChI is InChI=1S/C21H19FN4O2/c1-26(13-9-15-6-10-23-11-7-15)21(28)16-8-12-24-19(14-16)20(27)25-18-5-3-2-4-17(18)22/h2-8,10-12,14H,9,13H2,1H3,(H,25,27). The molecule has 0 spiro atoms. The van der Waals surface area contributed by atoms with Crippen molar-refractivity contribution in [3.05, 3.63) is 89.8 Å². The van der Waals surface area contributed by atoms with Crippen LogP contribution in [0.15, 0.2) is 67.1 Å². The van der Waals surface area contributed by atoms with Crippen LogP contribution in [0.25, 0.3) is 0 Å². The minimum Gasteiger partial charge on any atom is -0.341 e. The molecule has 1 N–H and O–H groups in total. The summed E-state index contributed by atoms with van der Waals surface area (Å²) in [5.41, 5.74) is 1.51. The second-order valence-electron chi connectivity index (χ2n) is 6.20. The molecule has 0 aliphatic heterocycles. The van der Waals surface area contributed by atoms with Gasteiger partial charge in [-0.25, -0.2) is 4.39 Å². The van der Waals surface area contributed by atoms with Gasteiger partial charge in [0.05, 0.1) is 5.69 Å². The van der Waals surface area contributed by atoms with E-state index in [9.17, 15) is 14.0 Å². The molecule has 3 aromatic rings. The Bertz CT molecular complexity index is 979. The molecular formula is C21H19FN4O2. The summed E-state index contributed by atoms with van der Waals surface area (Å²) in [6.45, 7) is 0.516. The van der Waals surface area contributed by atoms with E-state index in [1.54, 1.807) is 36.5 Å². The third-order valence-corrected chi connectivity index (χ3v) is 4.19. The Morgan fingerprint density at radius 1 is 1.07 bits per heavy atom. The molecule has 0 aliphatic rings. The fourth-order valence-corrected chi connectivity index (χ4v) is 2.60. The predicted octanol–water partition coefficient (Wildman–Crippen LogP) is 3.18. The average Bonchev–Trinajstić information content (AvgIpc) is 2.74. The third kappa shape index (κ3) is 4.76. The Kier molecular flexibility index (Phi) is 6.06. The van der Waals surface area contributed by atoms with Crippen molar-refractivity contribution in [2.45, 2.75) is 6.42 Å². The molecule has 3 rings (SSSR count). The van der Waals surface area contributed by atoms with Gasteiger partial charge in [-0.05, 0) is 48.4 Å². The normalized spacial score (nSPS) is 10.4. The molecule has 7 heteroatoms. The Hall–Kier alpha value is -3.61. The molecule has 2 amide bonds. The van der Waals surface area contributed by atoms with Gasteiger partial charge >= 0.3 is 0 Å². The molecule has 2 aromatic heterocycles. The van der Waals surface area contributed by atoms with Gasteiger partial charge in [0.15, 0.2) is 0 Å². The fourth-order valence-electron chi connectivity index (χ4n) is 2.60. The topological polar surface area (TPSA) is 75.2 Å². The molecule has 0 bridgehead atoms. The lowest BCUT2D eigenvalue weighted by Crippen LogP contribution is -2.29. The van der Waals surface area contributed by atoms with Gasteiger partial charge in [0.1, 0.15) is 11.5 Å². The van der Waals surface area contributed by atoms with Gasteiger partial charge in [0.25, 0.3) is 11.8 Å². The van der Waals surface area contributed by atoms with Gasteiger partial charge < -0.3 is 10.2 Å². The summed E-state index contributed by atoms with van der Waals surface area (Å²) in [4.78, 5) is 34.5. The van der Waals surface area contributed by atoms with Crippen molar-refractivity contribution in [3.8, 4) is 0 Å². The summed E-state index contributed by atoms with van der Waals surface area (Å²) in [5, 5.41) is 2.46. The van der Waals surface area contributed by atoms with Crippen LogP contribution in [0.1, 0.15) is 26.4 Å². The van der Waals surface area contributed by atoms with Crippen LogP contribution in [-0.2, 0) is 6.42 Å². The number of anilines is 1. The lowest BCUT2D eigenvalue weighted by molar-refractivity contribution is 0.0796. The molecule has 0 saturated heterocycles. The summed E-state index contributed by atoms with van der Waals surface area (Å²) < 4.78 is 13.7. The summed E-state index contributed by atoms with van der Waals surface area (Å²) in [6.07, 6.45) is 5.50. The number of halogens is 1. The number of pyridine rings is 2. The minimum absolute atomic E-state index is 0.0386. The maximum atomic E-state index is 13.7. The van der Waals surface area contributed by atoms with E-state index in [0.717, 1.165) is 5.56 Å². The Morgan fingerprint density at radius 2 is 1.82 bits per heavy atom. The quantitative estimate of drug-likeness (QED) is 0.715. The van der Waals surface area contributed by atoms with E-state index in [2.05, 4.69) is 15.3 Å². The van der Waals surface area contributed by atoms with E-state index in [4.69, 9.17) is 0 Å². The minimum atomic E-state index is -0.584. The van der Waals surface area contributed by atoms with Crippen LogP contribution < -0.4 is 5.32 Å². The van der Waals surface area contributed by atoms with Crippen molar-refractivity contribution in [1.82, 2.24) is 14.9 Å². The van der Waals surface area contributed by atoms with E-state index < -0.39 is 11.7 Å². The van der Waals surface area contributed by atoms with Crippen molar-refractivity contribution < 1.29 is 14.0 Å². The summed E-state index contributed by atoms with van der Waals surface area (Å²) >= 11 is 0. The number of carbonyl (C=O) groups excluding carboxylic acids is 2. The van der Waals surface area contributed by atoms with Crippen molar-refractivity contribution in [2.24, 2.45) is 0 Å². The van der Waals surface area contributed by atoms with Crippen molar-refractivity contribution in [3.63, 3.8) is 0 Å². The van der Waals surface area contributed by atoms with Gasteiger partial charge in [0.2, 0.25) is 0 Å². The van der Waals surface area contributed by atoms with Crippen LogP contribution in [0.2, 0.25) is 0 Å². The Morgan fingerprint density at radius 3 is 2.57 bits per heavy atom. The number of para-hydroxylation sites is 1. The number of nitrogens with one attached hydrogen (secondary N) is 1. The first-order valence-electron chi connectivity index (χ1n) is 8.71. The Balaban J connectivity index is 1.67. The monoisotopic (exact) mass is 378 g/mol. The first-order valence-corrected chi connectivity index (χ1v) is 8.71. The van der Waals surface area contributed by atoms with Crippen LogP contribution in [0.3, 0.4) is 0 Å². The lowest BCUT2D eigenvalue weighted by Gasteiger charge is -2.17.